The van der Waals surface area contributed by atoms with Crippen molar-refractivity contribution < 1.29 is 61.2 Å². The molecule has 0 aliphatic heterocycles. The van der Waals surface area contributed by atoms with Crippen LogP contribution < -0.4 is 9.92 Å². The predicted octanol–water partition coefficient (Wildman–Crippen LogP) is 5.08. The molecule has 0 fully saturated rings. The average molecular weight is 772 g/mol. The van der Waals surface area contributed by atoms with Crippen molar-refractivity contribution in [2.24, 2.45) is 10.2 Å². The molecule has 0 heterocycles. The van der Waals surface area contributed by atoms with E-state index in [1.165, 1.54) is 6.07 Å². The lowest BCUT2D eigenvalue weighted by atomic mass is 10.1. The highest BCUT2D eigenvalue weighted by atomic mass is 32.2. The molecule has 0 aromatic heterocycles. The molecule has 5 aromatic rings. The van der Waals surface area contributed by atoms with E-state index in [2.05, 4.69) is 10.2 Å². The van der Waals surface area contributed by atoms with Crippen LogP contribution in [0.3, 0.4) is 0 Å². The number of phenols is 1. The van der Waals surface area contributed by atoms with Crippen LogP contribution in [0, 0.1) is 6.92 Å². The lowest BCUT2D eigenvalue weighted by Gasteiger charge is -2.14. The Kier molecular flexibility index (Phi) is 9.15. The first-order chi connectivity index (χ1) is 22.6. The zero-order chi connectivity index (χ0) is 36.3. The van der Waals surface area contributed by atoms with E-state index in [0.29, 0.717) is 23.1 Å². The van der Waals surface area contributed by atoms with Crippen molar-refractivity contribution >= 4 is 91.1 Å². The molecule has 0 bridgehead atoms. The first-order valence-electron chi connectivity index (χ1n) is 13.0. The summed E-state index contributed by atoms with van der Waals surface area (Å²) in [6.45, 7) is 1.85. The van der Waals surface area contributed by atoms with Crippen molar-refractivity contribution in [1.82, 2.24) is 0 Å². The van der Waals surface area contributed by atoms with Crippen molar-refractivity contribution in [2.75, 3.05) is 5.73 Å². The Bertz CT molecular complexity index is 2680. The van der Waals surface area contributed by atoms with Crippen LogP contribution >= 0.6 is 12.0 Å². The van der Waals surface area contributed by atoms with Crippen LogP contribution in [0.2, 0.25) is 0 Å². The molecule has 5 aromatic carbocycles. The van der Waals surface area contributed by atoms with Gasteiger partial charge in [-0.15, -0.1) is 10.2 Å². The molecule has 0 saturated carbocycles. The Hall–Kier alpha value is -4.39. The monoisotopic (exact) mass is 771 g/mol. The van der Waals surface area contributed by atoms with Crippen molar-refractivity contribution in [2.45, 2.75) is 31.4 Å². The van der Waals surface area contributed by atoms with Gasteiger partial charge >= 0.3 is 0 Å². The second-order valence-electron chi connectivity index (χ2n) is 10.2. The second-order valence-corrected chi connectivity index (χ2v) is 16.6. The van der Waals surface area contributed by atoms with Gasteiger partial charge in [-0.25, -0.2) is 0 Å². The van der Waals surface area contributed by atoms with E-state index in [9.17, 15) is 57.0 Å². The minimum atomic E-state index is -5.30. The van der Waals surface area contributed by atoms with Crippen LogP contribution in [-0.4, -0.2) is 57.0 Å². The Balaban J connectivity index is 1.74. The van der Waals surface area contributed by atoms with E-state index in [-0.39, 0.29) is 11.1 Å². The number of rotatable bonds is 9. The summed E-state index contributed by atoms with van der Waals surface area (Å²) in [5, 5.41) is 16.2. The molecule has 7 N–H and O–H groups in total. The lowest BCUT2D eigenvalue weighted by Crippen LogP contribution is -2.04. The molecular formula is C27H21N3O14S5. The van der Waals surface area contributed by atoms with Crippen molar-refractivity contribution in [3.63, 3.8) is 0 Å². The van der Waals surface area contributed by atoms with Gasteiger partial charge < -0.3 is 15.0 Å². The summed E-state index contributed by atoms with van der Waals surface area (Å²) in [5.41, 5.74) is 5.15. The van der Waals surface area contributed by atoms with E-state index in [1.807, 2.05) is 6.92 Å². The smallest absolute Gasteiger partial charge is 0.297 e. The molecular weight excluding hydrogens is 751 g/mol. The Morgan fingerprint density at radius 3 is 1.80 bits per heavy atom. The predicted molar refractivity (Wildman–Crippen MR) is 175 cm³/mol. The normalized spacial score (nSPS) is 13.0. The van der Waals surface area contributed by atoms with Gasteiger partial charge in [0.15, 0.2) is 0 Å². The van der Waals surface area contributed by atoms with Gasteiger partial charge in [-0.1, -0.05) is 17.7 Å². The number of azo groups is 1. The molecule has 258 valence electrons. The Morgan fingerprint density at radius 2 is 1.22 bits per heavy atom. The third-order valence-electron chi connectivity index (χ3n) is 6.82. The first kappa shape index (κ1) is 35.9. The van der Waals surface area contributed by atoms with Crippen LogP contribution in [0.4, 0.5) is 17.1 Å². The van der Waals surface area contributed by atoms with Gasteiger partial charge in [0.1, 0.15) is 32.7 Å². The highest BCUT2D eigenvalue weighted by molar-refractivity contribution is 7.95. The fourth-order valence-corrected chi connectivity index (χ4v) is 7.77. The molecule has 0 unspecified atom stereocenters. The standard InChI is InChI=1S/C27H21N3O14S5/c1-13-2-4-14(5-3-13)45-44-23-11-16(47(35,36)37)8-18-17(23)6-7-20(27(18)49(41,42)43)29-30-21-12-24(48(38,39)40)19-9-15(46(32,33)34)10-22(31)25(19)26(21)28/h2-12,31H,28H2,1H3,(H,32,33,34)(H,35,36,37)(H,38,39,40)(H,41,42,43). The van der Waals surface area contributed by atoms with Gasteiger partial charge in [0.25, 0.3) is 40.5 Å². The largest absolute Gasteiger partial charge is 0.507 e. The minimum absolute atomic E-state index is 0.0722. The average Bonchev–Trinajstić information content (AvgIpc) is 2.97. The van der Waals surface area contributed by atoms with Gasteiger partial charge in [0, 0.05) is 33.2 Å². The molecule has 0 saturated heterocycles. The number of aromatic hydroxyl groups is 1. The molecule has 0 radical (unpaired) electrons. The molecule has 0 aliphatic carbocycles. The first-order valence-corrected chi connectivity index (χ1v) is 19.5. The molecule has 5 rings (SSSR count). The molecule has 0 aliphatic rings. The van der Waals surface area contributed by atoms with Gasteiger partial charge in [-0.3, -0.25) is 18.2 Å². The van der Waals surface area contributed by atoms with Crippen LogP contribution in [0.5, 0.6) is 11.5 Å². The van der Waals surface area contributed by atoms with Crippen LogP contribution in [0.15, 0.2) is 101 Å². The summed E-state index contributed by atoms with van der Waals surface area (Å²) in [4.78, 5) is -3.29. The summed E-state index contributed by atoms with van der Waals surface area (Å²) in [5.74, 6) is -1.22. The maximum absolute atomic E-state index is 12.7. The molecule has 49 heavy (non-hydrogen) atoms. The quantitative estimate of drug-likeness (QED) is 0.0493. The number of hydrogen-bond donors (Lipinski definition) is 6. The van der Waals surface area contributed by atoms with Crippen LogP contribution in [-0.2, 0) is 40.5 Å². The van der Waals surface area contributed by atoms with E-state index in [4.69, 9.17) is 9.92 Å². The summed E-state index contributed by atoms with van der Waals surface area (Å²) >= 11 is 0.769. The number of anilines is 1. The maximum Gasteiger partial charge on any atom is 0.297 e. The molecule has 22 heteroatoms. The zero-order valence-corrected chi connectivity index (χ0v) is 28.4. The zero-order valence-electron chi connectivity index (χ0n) is 24.3. The maximum atomic E-state index is 12.7. The van der Waals surface area contributed by atoms with E-state index in [0.717, 1.165) is 35.8 Å². The van der Waals surface area contributed by atoms with Crippen molar-refractivity contribution in [1.29, 1.82) is 0 Å². The topological polar surface area (TPSA) is 298 Å². The van der Waals surface area contributed by atoms with Gasteiger partial charge in [0.05, 0.1) is 32.9 Å². The number of benzene rings is 5. The fourth-order valence-electron chi connectivity index (χ4n) is 4.63. The summed E-state index contributed by atoms with van der Waals surface area (Å²) in [6.07, 6.45) is 0. The fraction of sp³-hybridized carbons (Fsp3) is 0.0370. The SMILES string of the molecule is Cc1ccc(SOc2cc(S(=O)(=O)O)cc3c(S(=O)(=O)O)c(N=Nc4cc(S(=O)(=O)O)c5cc(S(=O)(=O)O)cc(O)c5c4N)ccc23)cc1. The second kappa shape index (κ2) is 12.5. The molecule has 17 nitrogen and oxygen atoms in total. The number of nitrogens with two attached hydrogens (primary N) is 1. The van der Waals surface area contributed by atoms with E-state index < -0.39 is 99.0 Å². The van der Waals surface area contributed by atoms with Crippen LogP contribution in [0.25, 0.3) is 21.5 Å². The summed E-state index contributed by atoms with van der Waals surface area (Å²) in [6, 6.07) is 12.5. The summed E-state index contributed by atoms with van der Waals surface area (Å²) < 4.78 is 142. The van der Waals surface area contributed by atoms with E-state index >= 15 is 0 Å². The number of phenolic OH excluding ortho intramolecular Hbond substituents is 1. The molecule has 0 atom stereocenters. The van der Waals surface area contributed by atoms with Gasteiger partial charge in [0.2, 0.25) is 0 Å². The van der Waals surface area contributed by atoms with E-state index in [1.54, 1.807) is 24.3 Å². The lowest BCUT2D eigenvalue weighted by molar-refractivity contribution is 0.470. The molecule has 0 spiro atoms. The van der Waals surface area contributed by atoms with Crippen LogP contribution in [0.1, 0.15) is 5.56 Å². The van der Waals surface area contributed by atoms with Gasteiger partial charge in [-0.05, 0) is 49.4 Å². The Morgan fingerprint density at radius 1 is 0.653 bits per heavy atom. The third kappa shape index (κ3) is 7.46. The number of nitrogens with zero attached hydrogens (tertiary/aromatic N) is 2. The molecule has 0 amide bonds. The number of aryl methyl sites for hydroxylation is 1. The van der Waals surface area contributed by atoms with Crippen molar-refractivity contribution in [3.8, 4) is 11.5 Å². The van der Waals surface area contributed by atoms with Crippen molar-refractivity contribution in [3.05, 3.63) is 72.3 Å². The number of fused-ring (bicyclic) bond motifs is 2. The third-order valence-corrected chi connectivity index (χ3v) is 11.0. The highest BCUT2D eigenvalue weighted by Crippen LogP contribution is 2.44. The summed E-state index contributed by atoms with van der Waals surface area (Å²) in [7, 11) is -20.5. The van der Waals surface area contributed by atoms with Gasteiger partial charge in [-0.2, -0.15) is 33.7 Å². The highest BCUT2D eigenvalue weighted by Gasteiger charge is 2.27. The number of hydrogen-bond acceptors (Lipinski definition) is 14. The number of nitrogen functional groups attached to an aromatic ring is 1. The Labute approximate surface area is 282 Å². The minimum Gasteiger partial charge on any atom is -0.507 e.